The molecule has 0 atom stereocenters. The molecule has 0 saturated carbocycles. The van der Waals surface area contributed by atoms with E-state index >= 15 is 0 Å². The van der Waals surface area contributed by atoms with Gasteiger partial charge in [0.15, 0.2) is 5.96 Å². The van der Waals surface area contributed by atoms with Gasteiger partial charge in [-0.3, -0.25) is 4.68 Å². The normalized spacial score (nSPS) is 15.3. The minimum Gasteiger partial charge on any atom is -0.370 e. The van der Waals surface area contributed by atoms with Gasteiger partial charge < -0.3 is 10.6 Å². The summed E-state index contributed by atoms with van der Waals surface area (Å²) < 4.78 is 1.81. The van der Waals surface area contributed by atoms with E-state index < -0.39 is 0 Å². The molecule has 0 amide bonds. The van der Waals surface area contributed by atoms with Gasteiger partial charge in [0, 0.05) is 43.4 Å². The fourth-order valence-corrected chi connectivity index (χ4v) is 3.39. The van der Waals surface area contributed by atoms with Crippen LogP contribution in [0.1, 0.15) is 5.56 Å². The van der Waals surface area contributed by atoms with Crippen LogP contribution in [0.2, 0.25) is 0 Å². The predicted octanol–water partition coefficient (Wildman–Crippen LogP) is 2.57. The van der Waals surface area contributed by atoms with E-state index in [2.05, 4.69) is 39.3 Å². The molecule has 1 fully saturated rings. The lowest BCUT2D eigenvalue weighted by molar-refractivity contribution is 0.455. The first kappa shape index (κ1) is 18.1. The second-order valence-corrected chi connectivity index (χ2v) is 6.60. The summed E-state index contributed by atoms with van der Waals surface area (Å²) >= 11 is 1.97. The molecule has 1 aromatic heterocycles. The van der Waals surface area contributed by atoms with E-state index in [0.29, 0.717) is 12.5 Å². The number of nitrogens with zero attached hydrogens (tertiary/aromatic N) is 4. The third-order valence-corrected chi connectivity index (χ3v) is 4.67. The summed E-state index contributed by atoms with van der Waals surface area (Å²) in [7, 11) is 1.93. The third kappa shape index (κ3) is 4.87. The summed E-state index contributed by atoms with van der Waals surface area (Å²) in [5.41, 5.74) is 9.55. The van der Waals surface area contributed by atoms with E-state index in [9.17, 15) is 0 Å². The van der Waals surface area contributed by atoms with Crippen molar-refractivity contribution in [1.29, 1.82) is 0 Å². The molecule has 1 aliphatic rings. The van der Waals surface area contributed by atoms with E-state index in [1.165, 1.54) is 0 Å². The fourth-order valence-electron chi connectivity index (χ4n) is 2.48. The number of thioether (sulfide) groups is 1. The van der Waals surface area contributed by atoms with Crippen LogP contribution in [0.3, 0.4) is 0 Å². The number of aliphatic imine (C=N–C) groups is 1. The van der Waals surface area contributed by atoms with Gasteiger partial charge in [0.05, 0.1) is 12.7 Å². The van der Waals surface area contributed by atoms with Gasteiger partial charge in [-0.15, -0.1) is 24.0 Å². The van der Waals surface area contributed by atoms with Gasteiger partial charge in [0.1, 0.15) is 0 Å². The zero-order valence-corrected chi connectivity index (χ0v) is 16.3. The van der Waals surface area contributed by atoms with Gasteiger partial charge in [-0.2, -0.15) is 16.9 Å². The Balaban J connectivity index is 0.00000192. The van der Waals surface area contributed by atoms with Crippen molar-refractivity contribution in [3.05, 3.63) is 42.2 Å². The Morgan fingerprint density at radius 1 is 1.30 bits per heavy atom. The lowest BCUT2D eigenvalue weighted by atomic mass is 10.1. The van der Waals surface area contributed by atoms with Gasteiger partial charge in [-0.1, -0.05) is 18.2 Å². The molecule has 0 radical (unpaired) electrons. The maximum absolute atomic E-state index is 6.10. The molecule has 2 heterocycles. The zero-order chi connectivity index (χ0) is 15.4. The summed E-state index contributed by atoms with van der Waals surface area (Å²) in [6.45, 7) is 2.61. The van der Waals surface area contributed by atoms with Crippen molar-refractivity contribution in [3.63, 3.8) is 0 Å². The molecule has 3 rings (SSSR count). The quantitative estimate of drug-likeness (QED) is 0.450. The van der Waals surface area contributed by atoms with E-state index in [4.69, 9.17) is 5.73 Å². The van der Waals surface area contributed by atoms with Crippen LogP contribution < -0.4 is 5.73 Å². The predicted molar refractivity (Wildman–Crippen MR) is 108 cm³/mol. The van der Waals surface area contributed by atoms with Crippen LogP contribution in [-0.4, -0.2) is 45.2 Å². The number of nitrogens with two attached hydrogens (primary N) is 1. The molecule has 7 heteroatoms. The highest BCUT2D eigenvalue weighted by Gasteiger charge is 2.11. The van der Waals surface area contributed by atoms with Crippen LogP contribution in [-0.2, 0) is 13.6 Å². The summed E-state index contributed by atoms with van der Waals surface area (Å²) in [4.78, 5) is 6.72. The Labute approximate surface area is 158 Å². The third-order valence-electron chi connectivity index (χ3n) is 3.72. The zero-order valence-electron chi connectivity index (χ0n) is 13.2. The minimum absolute atomic E-state index is 0. The van der Waals surface area contributed by atoms with Crippen LogP contribution in [0.4, 0.5) is 0 Å². The first-order valence-corrected chi connectivity index (χ1v) is 8.58. The van der Waals surface area contributed by atoms with Crippen LogP contribution in [0.15, 0.2) is 41.7 Å². The SMILES string of the molecule is Cn1cc(-c2cccc(CN=C(N)N3CCSCC3)c2)cn1.I. The lowest BCUT2D eigenvalue weighted by Gasteiger charge is -2.27. The summed E-state index contributed by atoms with van der Waals surface area (Å²) in [6.07, 6.45) is 3.89. The average Bonchev–Trinajstić information content (AvgIpc) is 3.00. The van der Waals surface area contributed by atoms with Crippen molar-refractivity contribution in [2.45, 2.75) is 6.54 Å². The molecule has 23 heavy (non-hydrogen) atoms. The van der Waals surface area contributed by atoms with Crippen molar-refractivity contribution in [2.24, 2.45) is 17.8 Å². The fraction of sp³-hybridized carbons (Fsp3) is 0.375. The van der Waals surface area contributed by atoms with Gasteiger partial charge in [0.2, 0.25) is 0 Å². The number of guanidine groups is 1. The molecule has 0 bridgehead atoms. The highest BCUT2D eigenvalue weighted by Crippen LogP contribution is 2.20. The second-order valence-electron chi connectivity index (χ2n) is 5.38. The molecule has 2 N–H and O–H groups in total. The number of aromatic nitrogens is 2. The first-order chi connectivity index (χ1) is 10.7. The number of benzene rings is 1. The Morgan fingerprint density at radius 2 is 2.09 bits per heavy atom. The number of hydrogen-bond donors (Lipinski definition) is 1. The molecular weight excluding hydrogens is 421 g/mol. The molecular formula is C16H22IN5S. The first-order valence-electron chi connectivity index (χ1n) is 7.43. The summed E-state index contributed by atoms with van der Waals surface area (Å²) in [5, 5.41) is 4.22. The van der Waals surface area contributed by atoms with E-state index in [1.807, 2.05) is 35.9 Å². The Hall–Kier alpha value is -1.22. The Kier molecular flexibility index (Phi) is 6.76. The maximum Gasteiger partial charge on any atom is 0.191 e. The number of rotatable bonds is 3. The van der Waals surface area contributed by atoms with Gasteiger partial charge >= 0.3 is 0 Å². The molecule has 2 aromatic rings. The highest BCUT2D eigenvalue weighted by molar-refractivity contribution is 14.0. The Morgan fingerprint density at radius 3 is 2.78 bits per heavy atom. The van der Waals surface area contributed by atoms with E-state index in [1.54, 1.807) is 0 Å². The van der Waals surface area contributed by atoms with Crippen LogP contribution in [0, 0.1) is 0 Å². The van der Waals surface area contributed by atoms with Crippen molar-refractivity contribution >= 4 is 41.7 Å². The van der Waals surface area contributed by atoms with E-state index in [0.717, 1.165) is 41.3 Å². The molecule has 1 saturated heterocycles. The summed E-state index contributed by atoms with van der Waals surface area (Å²) in [5.74, 6) is 2.92. The smallest absolute Gasteiger partial charge is 0.191 e. The van der Waals surface area contributed by atoms with Crippen LogP contribution >= 0.6 is 35.7 Å². The van der Waals surface area contributed by atoms with Crippen molar-refractivity contribution < 1.29 is 0 Å². The molecule has 1 aliphatic heterocycles. The number of aryl methyl sites for hydroxylation is 1. The highest BCUT2D eigenvalue weighted by atomic mass is 127. The van der Waals surface area contributed by atoms with Crippen LogP contribution in [0.5, 0.6) is 0 Å². The van der Waals surface area contributed by atoms with Crippen molar-refractivity contribution in [3.8, 4) is 11.1 Å². The van der Waals surface area contributed by atoms with Gasteiger partial charge in [-0.25, -0.2) is 4.99 Å². The van der Waals surface area contributed by atoms with Crippen molar-refractivity contribution in [2.75, 3.05) is 24.6 Å². The topological polar surface area (TPSA) is 59.4 Å². The van der Waals surface area contributed by atoms with Crippen molar-refractivity contribution in [1.82, 2.24) is 14.7 Å². The largest absolute Gasteiger partial charge is 0.370 e. The maximum atomic E-state index is 6.10. The minimum atomic E-state index is 0. The second kappa shape index (κ2) is 8.58. The monoisotopic (exact) mass is 443 g/mol. The number of halogens is 1. The molecule has 5 nitrogen and oxygen atoms in total. The van der Waals surface area contributed by atoms with Crippen LogP contribution in [0.25, 0.3) is 11.1 Å². The molecule has 0 aliphatic carbocycles. The standard InChI is InChI=1S/C16H21N5S.HI/c1-20-12-15(11-19-20)14-4-2-3-13(9-14)10-18-16(17)21-5-7-22-8-6-21;/h2-4,9,11-12H,5-8,10H2,1H3,(H2,17,18);1H. The van der Waals surface area contributed by atoms with E-state index in [-0.39, 0.29) is 24.0 Å². The molecule has 0 unspecified atom stereocenters. The lowest BCUT2D eigenvalue weighted by Crippen LogP contribution is -2.42. The summed E-state index contributed by atoms with van der Waals surface area (Å²) in [6, 6.07) is 8.39. The Bertz CT molecular complexity index is 664. The molecule has 124 valence electrons. The molecule has 1 aromatic carbocycles. The average molecular weight is 443 g/mol. The van der Waals surface area contributed by atoms with Gasteiger partial charge in [0.25, 0.3) is 0 Å². The molecule has 0 spiro atoms. The number of hydrogen-bond acceptors (Lipinski definition) is 3. The van der Waals surface area contributed by atoms with Gasteiger partial charge in [-0.05, 0) is 17.2 Å².